The molecule has 2 aromatic rings. The van der Waals surface area contributed by atoms with E-state index < -0.39 is 0 Å². The fourth-order valence-electron chi connectivity index (χ4n) is 3.08. The van der Waals surface area contributed by atoms with Crippen molar-refractivity contribution in [2.45, 2.75) is 12.8 Å². The van der Waals surface area contributed by atoms with Crippen molar-refractivity contribution in [3.8, 4) is 0 Å². The van der Waals surface area contributed by atoms with Crippen molar-refractivity contribution in [2.75, 3.05) is 26.2 Å². The second kappa shape index (κ2) is 8.56. The van der Waals surface area contributed by atoms with Gasteiger partial charge in [-0.25, -0.2) is 0 Å². The molecule has 0 unspecified atom stereocenters. The highest BCUT2D eigenvalue weighted by Gasteiger charge is 2.24. The second-order valence-corrected chi connectivity index (χ2v) is 7.16. The van der Waals surface area contributed by atoms with Crippen LogP contribution < -0.4 is 0 Å². The highest BCUT2D eigenvalue weighted by molar-refractivity contribution is 6.35. The van der Waals surface area contributed by atoms with Crippen LogP contribution in [-0.4, -0.2) is 47.8 Å². The zero-order valence-corrected chi connectivity index (χ0v) is 15.8. The van der Waals surface area contributed by atoms with E-state index >= 15 is 0 Å². The van der Waals surface area contributed by atoms with E-state index in [0.717, 1.165) is 12.0 Å². The van der Waals surface area contributed by atoms with Crippen molar-refractivity contribution in [3.05, 3.63) is 69.7 Å². The van der Waals surface area contributed by atoms with Crippen molar-refractivity contribution >= 4 is 35.0 Å². The predicted octanol–water partition coefficient (Wildman–Crippen LogP) is 3.91. The van der Waals surface area contributed by atoms with E-state index in [2.05, 4.69) is 0 Å². The van der Waals surface area contributed by atoms with Gasteiger partial charge in [0, 0.05) is 31.2 Å². The number of hydrogen-bond acceptors (Lipinski definition) is 2. The third-order valence-corrected chi connectivity index (χ3v) is 5.06. The third-order valence-electron chi connectivity index (χ3n) is 4.49. The lowest BCUT2D eigenvalue weighted by Crippen LogP contribution is -2.38. The Morgan fingerprint density at radius 3 is 2.35 bits per heavy atom. The SMILES string of the molecule is O=C(Cc1ccccc1)N1CCCN(C(=O)c2cc(Cl)ccc2Cl)CC1. The summed E-state index contributed by atoms with van der Waals surface area (Å²) in [6, 6.07) is 14.6. The molecule has 0 radical (unpaired) electrons. The van der Waals surface area contributed by atoms with Gasteiger partial charge in [0.15, 0.2) is 0 Å². The minimum Gasteiger partial charge on any atom is -0.341 e. The number of halogens is 2. The van der Waals surface area contributed by atoms with E-state index in [0.29, 0.717) is 48.2 Å². The Morgan fingerprint density at radius 1 is 0.885 bits per heavy atom. The summed E-state index contributed by atoms with van der Waals surface area (Å²) >= 11 is 12.1. The number of rotatable bonds is 3. The quantitative estimate of drug-likeness (QED) is 0.796. The van der Waals surface area contributed by atoms with Crippen LogP contribution in [0.25, 0.3) is 0 Å². The topological polar surface area (TPSA) is 40.6 Å². The lowest BCUT2D eigenvalue weighted by atomic mass is 10.1. The number of hydrogen-bond donors (Lipinski definition) is 0. The van der Waals surface area contributed by atoms with Crippen LogP contribution >= 0.6 is 23.2 Å². The number of benzene rings is 2. The molecule has 4 nitrogen and oxygen atoms in total. The minimum atomic E-state index is -0.144. The molecule has 0 spiro atoms. The maximum Gasteiger partial charge on any atom is 0.255 e. The van der Waals surface area contributed by atoms with Gasteiger partial charge in [0.1, 0.15) is 0 Å². The Morgan fingerprint density at radius 2 is 1.58 bits per heavy atom. The van der Waals surface area contributed by atoms with Gasteiger partial charge in [-0.15, -0.1) is 0 Å². The third kappa shape index (κ3) is 4.57. The molecule has 0 saturated carbocycles. The largest absolute Gasteiger partial charge is 0.341 e. The van der Waals surface area contributed by atoms with Crippen molar-refractivity contribution in [1.29, 1.82) is 0 Å². The summed E-state index contributed by atoms with van der Waals surface area (Å²) in [6.07, 6.45) is 1.12. The fraction of sp³-hybridized carbons (Fsp3) is 0.300. The maximum atomic E-state index is 12.8. The van der Waals surface area contributed by atoms with E-state index in [4.69, 9.17) is 23.2 Å². The average Bonchev–Trinajstić information content (AvgIpc) is 2.90. The van der Waals surface area contributed by atoms with Gasteiger partial charge in [-0.3, -0.25) is 9.59 Å². The zero-order chi connectivity index (χ0) is 18.5. The molecule has 0 N–H and O–H groups in total. The van der Waals surface area contributed by atoms with E-state index in [1.165, 1.54) is 0 Å². The van der Waals surface area contributed by atoms with Gasteiger partial charge in [-0.1, -0.05) is 53.5 Å². The van der Waals surface area contributed by atoms with Gasteiger partial charge in [0.2, 0.25) is 5.91 Å². The summed E-state index contributed by atoms with van der Waals surface area (Å²) in [7, 11) is 0. The number of carbonyl (C=O) groups excluding carboxylic acids is 2. The van der Waals surface area contributed by atoms with Crippen LogP contribution in [0.3, 0.4) is 0 Å². The normalized spacial score (nSPS) is 14.8. The predicted molar refractivity (Wildman–Crippen MR) is 104 cm³/mol. The summed E-state index contributed by atoms with van der Waals surface area (Å²) in [5.74, 6) is -0.0545. The molecule has 2 aromatic carbocycles. The van der Waals surface area contributed by atoms with E-state index in [9.17, 15) is 9.59 Å². The summed E-state index contributed by atoms with van der Waals surface area (Å²) in [6.45, 7) is 2.26. The first-order valence-electron chi connectivity index (χ1n) is 8.60. The molecule has 0 aliphatic carbocycles. The van der Waals surface area contributed by atoms with Gasteiger partial charge >= 0.3 is 0 Å². The molecule has 0 aromatic heterocycles. The molecule has 1 aliphatic heterocycles. The molecule has 0 atom stereocenters. The molecule has 26 heavy (non-hydrogen) atoms. The lowest BCUT2D eigenvalue weighted by molar-refractivity contribution is -0.130. The highest BCUT2D eigenvalue weighted by atomic mass is 35.5. The van der Waals surface area contributed by atoms with Crippen LogP contribution in [0, 0.1) is 0 Å². The summed E-state index contributed by atoms with van der Waals surface area (Å²) in [5.41, 5.74) is 1.41. The number of carbonyl (C=O) groups is 2. The van der Waals surface area contributed by atoms with E-state index in [1.54, 1.807) is 23.1 Å². The first kappa shape index (κ1) is 18.7. The molecule has 1 aliphatic rings. The molecular weight excluding hydrogens is 371 g/mol. The summed E-state index contributed by atoms with van der Waals surface area (Å²) in [5, 5.41) is 0.868. The molecule has 1 saturated heterocycles. The van der Waals surface area contributed by atoms with Crippen LogP contribution in [0.2, 0.25) is 10.0 Å². The zero-order valence-electron chi connectivity index (χ0n) is 14.3. The monoisotopic (exact) mass is 390 g/mol. The van der Waals surface area contributed by atoms with Crippen molar-refractivity contribution in [2.24, 2.45) is 0 Å². The van der Waals surface area contributed by atoms with Crippen molar-refractivity contribution in [3.63, 3.8) is 0 Å². The minimum absolute atomic E-state index is 0.0892. The summed E-state index contributed by atoms with van der Waals surface area (Å²) < 4.78 is 0. The Balaban J connectivity index is 1.63. The molecular formula is C20H20Cl2N2O2. The van der Waals surface area contributed by atoms with Gasteiger partial charge in [-0.2, -0.15) is 0 Å². The van der Waals surface area contributed by atoms with Gasteiger partial charge in [0.25, 0.3) is 5.91 Å². The van der Waals surface area contributed by atoms with Gasteiger partial charge in [0.05, 0.1) is 17.0 Å². The molecule has 2 amide bonds. The molecule has 0 bridgehead atoms. The van der Waals surface area contributed by atoms with Crippen LogP contribution in [0.15, 0.2) is 48.5 Å². The number of amides is 2. The number of nitrogens with zero attached hydrogens (tertiary/aromatic N) is 2. The molecule has 1 heterocycles. The first-order chi connectivity index (χ1) is 12.5. The van der Waals surface area contributed by atoms with Gasteiger partial charge < -0.3 is 9.80 Å². The Hall–Kier alpha value is -2.04. The van der Waals surface area contributed by atoms with E-state index in [-0.39, 0.29) is 11.8 Å². The highest BCUT2D eigenvalue weighted by Crippen LogP contribution is 2.22. The second-order valence-electron chi connectivity index (χ2n) is 6.31. The Kier molecular flexibility index (Phi) is 6.17. The van der Waals surface area contributed by atoms with E-state index in [1.807, 2.05) is 35.2 Å². The van der Waals surface area contributed by atoms with Crippen molar-refractivity contribution < 1.29 is 9.59 Å². The molecule has 1 fully saturated rings. The summed E-state index contributed by atoms with van der Waals surface area (Å²) in [4.78, 5) is 28.9. The Bertz CT molecular complexity index is 796. The Labute approximate surface area is 163 Å². The molecule has 3 rings (SSSR count). The lowest BCUT2D eigenvalue weighted by Gasteiger charge is -2.22. The first-order valence-corrected chi connectivity index (χ1v) is 9.36. The van der Waals surface area contributed by atoms with Crippen LogP contribution in [0.1, 0.15) is 22.3 Å². The average molecular weight is 391 g/mol. The standard InChI is InChI=1S/C20H20Cl2N2O2/c21-16-7-8-18(22)17(14-16)20(26)24-10-4-9-23(11-12-24)19(25)13-15-5-2-1-3-6-15/h1-3,5-8,14H,4,9-13H2. The smallest absolute Gasteiger partial charge is 0.255 e. The van der Waals surface area contributed by atoms with Crippen LogP contribution in [0.4, 0.5) is 0 Å². The maximum absolute atomic E-state index is 12.8. The van der Waals surface area contributed by atoms with Crippen molar-refractivity contribution in [1.82, 2.24) is 9.80 Å². The van der Waals surface area contributed by atoms with Crippen LogP contribution in [-0.2, 0) is 11.2 Å². The fourth-order valence-corrected chi connectivity index (χ4v) is 3.45. The molecule has 136 valence electrons. The molecule has 6 heteroatoms. The van der Waals surface area contributed by atoms with Gasteiger partial charge in [-0.05, 0) is 30.2 Å². The van der Waals surface area contributed by atoms with Crippen LogP contribution in [0.5, 0.6) is 0 Å².